The first-order chi connectivity index (χ1) is 7.40. The van der Waals surface area contributed by atoms with Crippen molar-refractivity contribution in [3.05, 3.63) is 47.9 Å². The molecular formula is C11H11NO3. The van der Waals surface area contributed by atoms with Crippen molar-refractivity contribution in [2.75, 3.05) is 0 Å². The summed E-state index contributed by atoms with van der Waals surface area (Å²) >= 11 is 0. The van der Waals surface area contributed by atoms with Gasteiger partial charge in [0.15, 0.2) is 5.76 Å². The van der Waals surface area contributed by atoms with Crippen LogP contribution in [-0.2, 0) is 13.2 Å². The van der Waals surface area contributed by atoms with Gasteiger partial charge in [-0.1, -0.05) is 23.4 Å². The summed E-state index contributed by atoms with van der Waals surface area (Å²) in [5, 5.41) is 12.6. The molecule has 4 nitrogen and oxygen atoms in total. The summed E-state index contributed by atoms with van der Waals surface area (Å²) in [6, 6.07) is 9.07. The summed E-state index contributed by atoms with van der Waals surface area (Å²) in [4.78, 5) is 0. The third-order valence-electron chi connectivity index (χ3n) is 2.00. The molecule has 0 radical (unpaired) electrons. The van der Waals surface area contributed by atoms with Crippen molar-refractivity contribution in [2.24, 2.45) is 0 Å². The first-order valence-corrected chi connectivity index (χ1v) is 4.61. The van der Waals surface area contributed by atoms with Crippen LogP contribution >= 0.6 is 0 Å². The van der Waals surface area contributed by atoms with E-state index in [1.165, 1.54) is 0 Å². The second kappa shape index (κ2) is 4.61. The number of hydrogen-bond donors (Lipinski definition) is 1. The Balaban J connectivity index is 2.04. The molecule has 0 bridgehead atoms. The first-order valence-electron chi connectivity index (χ1n) is 4.61. The summed E-state index contributed by atoms with van der Waals surface area (Å²) < 4.78 is 10.4. The molecule has 1 aromatic carbocycles. The van der Waals surface area contributed by atoms with Crippen molar-refractivity contribution < 1.29 is 14.4 Å². The van der Waals surface area contributed by atoms with E-state index in [2.05, 4.69) is 5.16 Å². The lowest BCUT2D eigenvalue weighted by atomic mass is 10.2. The molecule has 1 aromatic heterocycles. The molecule has 0 amide bonds. The summed E-state index contributed by atoms with van der Waals surface area (Å²) in [5.41, 5.74) is 0.761. The third kappa shape index (κ3) is 2.35. The number of rotatable bonds is 4. The van der Waals surface area contributed by atoms with Crippen LogP contribution < -0.4 is 4.74 Å². The highest BCUT2D eigenvalue weighted by Crippen LogP contribution is 2.18. The van der Waals surface area contributed by atoms with Crippen molar-refractivity contribution in [3.8, 4) is 5.75 Å². The summed E-state index contributed by atoms with van der Waals surface area (Å²) in [5.74, 6) is 1.32. The maximum Gasteiger partial charge on any atom is 0.174 e. The SMILES string of the molecule is OCc1ccccc1OCc1ccno1. The Hall–Kier alpha value is -1.81. The van der Waals surface area contributed by atoms with E-state index in [0.29, 0.717) is 18.1 Å². The third-order valence-corrected chi connectivity index (χ3v) is 2.00. The maximum absolute atomic E-state index is 9.06. The lowest BCUT2D eigenvalue weighted by Gasteiger charge is -2.07. The summed E-state index contributed by atoms with van der Waals surface area (Å²) in [6.07, 6.45) is 1.57. The van der Waals surface area contributed by atoms with E-state index in [-0.39, 0.29) is 6.61 Å². The zero-order valence-corrected chi connectivity index (χ0v) is 8.09. The molecule has 15 heavy (non-hydrogen) atoms. The van der Waals surface area contributed by atoms with Crippen LogP contribution in [0.1, 0.15) is 11.3 Å². The van der Waals surface area contributed by atoms with Crippen LogP contribution in [0.2, 0.25) is 0 Å². The molecule has 0 unspecified atom stereocenters. The second-order valence-corrected chi connectivity index (χ2v) is 3.03. The van der Waals surface area contributed by atoms with Gasteiger partial charge in [0, 0.05) is 11.6 Å². The van der Waals surface area contributed by atoms with Gasteiger partial charge >= 0.3 is 0 Å². The van der Waals surface area contributed by atoms with Crippen molar-refractivity contribution in [1.29, 1.82) is 0 Å². The molecule has 0 saturated heterocycles. The van der Waals surface area contributed by atoms with Crippen LogP contribution in [0.25, 0.3) is 0 Å². The van der Waals surface area contributed by atoms with Crippen LogP contribution in [0.15, 0.2) is 41.1 Å². The van der Waals surface area contributed by atoms with Crippen molar-refractivity contribution in [2.45, 2.75) is 13.2 Å². The Morgan fingerprint density at radius 1 is 1.27 bits per heavy atom. The number of nitrogens with zero attached hydrogens (tertiary/aromatic N) is 1. The van der Waals surface area contributed by atoms with Crippen LogP contribution in [-0.4, -0.2) is 10.3 Å². The van der Waals surface area contributed by atoms with Crippen LogP contribution in [0.4, 0.5) is 0 Å². The van der Waals surface area contributed by atoms with E-state index in [9.17, 15) is 0 Å². The van der Waals surface area contributed by atoms with Crippen molar-refractivity contribution in [1.82, 2.24) is 5.16 Å². The van der Waals surface area contributed by atoms with Gasteiger partial charge in [0.05, 0.1) is 12.8 Å². The van der Waals surface area contributed by atoms with Crippen LogP contribution in [0.3, 0.4) is 0 Å². The van der Waals surface area contributed by atoms with E-state index in [1.54, 1.807) is 12.3 Å². The largest absolute Gasteiger partial charge is 0.485 e. The van der Waals surface area contributed by atoms with Crippen LogP contribution in [0.5, 0.6) is 5.75 Å². The van der Waals surface area contributed by atoms with E-state index in [4.69, 9.17) is 14.4 Å². The van der Waals surface area contributed by atoms with Gasteiger partial charge in [0.25, 0.3) is 0 Å². The number of aliphatic hydroxyl groups is 1. The van der Waals surface area contributed by atoms with Crippen molar-refractivity contribution in [3.63, 3.8) is 0 Å². The van der Waals surface area contributed by atoms with Gasteiger partial charge in [-0.15, -0.1) is 0 Å². The highest BCUT2D eigenvalue weighted by atomic mass is 16.5. The van der Waals surface area contributed by atoms with E-state index >= 15 is 0 Å². The number of hydrogen-bond acceptors (Lipinski definition) is 4. The molecule has 0 aliphatic rings. The molecule has 4 heteroatoms. The minimum absolute atomic E-state index is 0.0351. The van der Waals surface area contributed by atoms with Crippen molar-refractivity contribution >= 4 is 0 Å². The van der Waals surface area contributed by atoms with Gasteiger partial charge in [0.1, 0.15) is 12.4 Å². The fraction of sp³-hybridized carbons (Fsp3) is 0.182. The Kier molecular flexibility index (Phi) is 2.99. The lowest BCUT2D eigenvalue weighted by Crippen LogP contribution is -1.97. The van der Waals surface area contributed by atoms with Gasteiger partial charge in [-0.25, -0.2) is 0 Å². The van der Waals surface area contributed by atoms with Gasteiger partial charge in [-0.3, -0.25) is 0 Å². The lowest BCUT2D eigenvalue weighted by molar-refractivity contribution is 0.233. The minimum Gasteiger partial charge on any atom is -0.485 e. The molecule has 2 rings (SSSR count). The Labute approximate surface area is 87.1 Å². The van der Waals surface area contributed by atoms with E-state index in [1.807, 2.05) is 24.3 Å². The fourth-order valence-electron chi connectivity index (χ4n) is 1.24. The molecule has 78 valence electrons. The van der Waals surface area contributed by atoms with E-state index < -0.39 is 0 Å². The molecule has 0 fully saturated rings. The predicted octanol–water partition coefficient (Wildman–Crippen LogP) is 1.75. The molecule has 0 atom stereocenters. The van der Waals surface area contributed by atoms with Gasteiger partial charge in [-0.05, 0) is 6.07 Å². The zero-order valence-electron chi connectivity index (χ0n) is 8.09. The monoisotopic (exact) mass is 205 g/mol. The highest BCUT2D eigenvalue weighted by molar-refractivity contribution is 5.32. The quantitative estimate of drug-likeness (QED) is 0.826. The second-order valence-electron chi connectivity index (χ2n) is 3.03. The zero-order chi connectivity index (χ0) is 10.5. The first kappa shape index (κ1) is 9.73. The Morgan fingerprint density at radius 3 is 2.87 bits per heavy atom. The highest BCUT2D eigenvalue weighted by Gasteiger charge is 2.03. The van der Waals surface area contributed by atoms with Crippen LogP contribution in [0, 0.1) is 0 Å². The minimum atomic E-state index is -0.0351. The molecular weight excluding hydrogens is 194 g/mol. The Bertz CT molecular complexity index is 412. The number of ether oxygens (including phenoxy) is 1. The molecule has 1 N–H and O–H groups in total. The standard InChI is InChI=1S/C11H11NO3/c13-7-9-3-1-2-4-11(9)14-8-10-5-6-12-15-10/h1-6,13H,7-8H2. The molecule has 2 aromatic rings. The van der Waals surface area contributed by atoms with Gasteiger partial charge < -0.3 is 14.4 Å². The van der Waals surface area contributed by atoms with Gasteiger partial charge in [0.2, 0.25) is 0 Å². The number of para-hydroxylation sites is 1. The summed E-state index contributed by atoms with van der Waals surface area (Å²) in [6.45, 7) is 0.281. The Morgan fingerprint density at radius 2 is 2.13 bits per heavy atom. The number of aromatic nitrogens is 1. The molecule has 0 aliphatic carbocycles. The van der Waals surface area contributed by atoms with Gasteiger partial charge in [-0.2, -0.15) is 0 Å². The topological polar surface area (TPSA) is 55.5 Å². The predicted molar refractivity (Wildman–Crippen MR) is 53.2 cm³/mol. The molecule has 0 saturated carbocycles. The number of aliphatic hydroxyl groups excluding tert-OH is 1. The van der Waals surface area contributed by atoms with E-state index in [0.717, 1.165) is 5.56 Å². The molecule has 1 heterocycles. The number of benzene rings is 1. The normalized spacial score (nSPS) is 10.2. The summed E-state index contributed by atoms with van der Waals surface area (Å²) in [7, 11) is 0. The molecule has 0 spiro atoms. The molecule has 0 aliphatic heterocycles. The maximum atomic E-state index is 9.06. The smallest absolute Gasteiger partial charge is 0.174 e. The average molecular weight is 205 g/mol. The average Bonchev–Trinajstić information content (AvgIpc) is 2.79. The fourth-order valence-corrected chi connectivity index (χ4v) is 1.24.